The SMILES string of the molecule is CCC(CO)Nc1ncc2nc(Nc3c(Cl)cccc3Cl)n(C3CCC(C(N)=O)CC3)c2n1. The number of benzene rings is 1. The maximum atomic E-state index is 11.7. The second-order valence-electron chi connectivity index (χ2n) is 8.27. The van der Waals surface area contributed by atoms with E-state index in [-0.39, 0.29) is 30.5 Å². The predicted molar refractivity (Wildman–Crippen MR) is 130 cm³/mol. The molecule has 1 aromatic carbocycles. The Morgan fingerprint density at radius 1 is 1.24 bits per heavy atom. The van der Waals surface area contributed by atoms with Crippen LogP contribution >= 0.6 is 23.2 Å². The molecule has 1 aliphatic rings. The number of nitrogens with zero attached hydrogens (tertiary/aromatic N) is 4. The highest BCUT2D eigenvalue weighted by Gasteiger charge is 2.29. The number of hydrogen-bond donors (Lipinski definition) is 4. The van der Waals surface area contributed by atoms with Gasteiger partial charge in [0, 0.05) is 12.0 Å². The molecule has 3 aromatic rings. The summed E-state index contributed by atoms with van der Waals surface area (Å²) in [5.74, 6) is 0.585. The van der Waals surface area contributed by atoms with E-state index in [9.17, 15) is 9.90 Å². The molecule has 1 atom stereocenters. The Bertz CT molecular complexity index is 1120. The van der Waals surface area contributed by atoms with Gasteiger partial charge in [-0.15, -0.1) is 0 Å². The molecule has 9 nitrogen and oxygen atoms in total. The summed E-state index contributed by atoms with van der Waals surface area (Å²) in [7, 11) is 0. The van der Waals surface area contributed by atoms with E-state index in [1.807, 2.05) is 11.5 Å². The molecule has 1 fully saturated rings. The van der Waals surface area contributed by atoms with Crippen molar-refractivity contribution in [3.05, 3.63) is 34.4 Å². The number of hydrogen-bond acceptors (Lipinski definition) is 7. The van der Waals surface area contributed by atoms with Gasteiger partial charge in [0.15, 0.2) is 5.65 Å². The first kappa shape index (κ1) is 23.5. The number of para-hydroxylation sites is 1. The van der Waals surface area contributed by atoms with Gasteiger partial charge in [-0.25, -0.2) is 9.97 Å². The zero-order valence-electron chi connectivity index (χ0n) is 18.3. The average Bonchev–Trinajstić information content (AvgIpc) is 3.17. The fourth-order valence-corrected chi connectivity index (χ4v) is 4.69. The van der Waals surface area contributed by atoms with Crippen molar-refractivity contribution in [2.75, 3.05) is 17.2 Å². The summed E-state index contributed by atoms with van der Waals surface area (Å²) in [6.07, 6.45) is 5.29. The summed E-state index contributed by atoms with van der Waals surface area (Å²) in [5, 5.41) is 16.9. The Morgan fingerprint density at radius 3 is 2.55 bits per heavy atom. The summed E-state index contributed by atoms with van der Waals surface area (Å²) in [6, 6.07) is 5.19. The first-order valence-electron chi connectivity index (χ1n) is 11.0. The third kappa shape index (κ3) is 5.00. The normalized spacial score (nSPS) is 19.4. The van der Waals surface area contributed by atoms with Gasteiger partial charge >= 0.3 is 0 Å². The molecule has 176 valence electrons. The fraction of sp³-hybridized carbons (Fsp3) is 0.455. The van der Waals surface area contributed by atoms with Crippen molar-refractivity contribution < 1.29 is 9.90 Å². The number of anilines is 3. The molecule has 1 saturated carbocycles. The molecule has 0 bridgehead atoms. The van der Waals surface area contributed by atoms with Crippen LogP contribution in [-0.4, -0.2) is 43.2 Å². The standard InChI is InChI=1S/C22H27Cl2N7O2/c1-2-13(11-32)27-21-26-10-17-20(30-21)31(14-8-6-12(7-9-14)19(25)33)22(28-17)29-18-15(23)4-3-5-16(18)24/h3-5,10,12-14,32H,2,6-9,11H2,1H3,(H2,25,33)(H,28,29)(H,26,27,30). The van der Waals surface area contributed by atoms with Crippen molar-refractivity contribution in [2.45, 2.75) is 51.1 Å². The third-order valence-electron chi connectivity index (χ3n) is 6.14. The molecule has 1 aliphatic carbocycles. The van der Waals surface area contributed by atoms with Crippen LogP contribution in [0.5, 0.6) is 0 Å². The monoisotopic (exact) mass is 491 g/mol. The van der Waals surface area contributed by atoms with Gasteiger partial charge in [0.2, 0.25) is 17.8 Å². The van der Waals surface area contributed by atoms with E-state index in [4.69, 9.17) is 38.9 Å². The summed E-state index contributed by atoms with van der Waals surface area (Å²) in [5.41, 5.74) is 7.35. The zero-order chi connectivity index (χ0) is 23.5. The summed E-state index contributed by atoms with van der Waals surface area (Å²) >= 11 is 12.8. The third-order valence-corrected chi connectivity index (χ3v) is 6.77. The lowest BCUT2D eigenvalue weighted by atomic mass is 9.85. The number of amides is 1. The molecule has 5 N–H and O–H groups in total. The number of imidazole rings is 1. The van der Waals surface area contributed by atoms with Crippen molar-refractivity contribution in [1.29, 1.82) is 0 Å². The lowest BCUT2D eigenvalue weighted by molar-refractivity contribution is -0.122. The number of carbonyl (C=O) groups is 1. The van der Waals surface area contributed by atoms with Gasteiger partial charge in [0.1, 0.15) is 5.52 Å². The maximum absolute atomic E-state index is 11.7. The molecule has 1 unspecified atom stereocenters. The van der Waals surface area contributed by atoms with Crippen LogP contribution < -0.4 is 16.4 Å². The van der Waals surface area contributed by atoms with Crippen molar-refractivity contribution in [3.8, 4) is 0 Å². The maximum Gasteiger partial charge on any atom is 0.225 e. The number of nitrogens with two attached hydrogens (primary N) is 1. The molecular formula is C22H27Cl2N7O2. The molecule has 11 heteroatoms. The minimum atomic E-state index is -0.256. The van der Waals surface area contributed by atoms with Crippen LogP contribution in [-0.2, 0) is 4.79 Å². The van der Waals surface area contributed by atoms with Gasteiger partial charge in [-0.3, -0.25) is 9.36 Å². The highest BCUT2D eigenvalue weighted by Crippen LogP contribution is 2.39. The van der Waals surface area contributed by atoms with Gasteiger partial charge in [-0.1, -0.05) is 36.2 Å². The minimum absolute atomic E-state index is 0.0217. The zero-order valence-corrected chi connectivity index (χ0v) is 19.8. The van der Waals surface area contributed by atoms with E-state index in [0.717, 1.165) is 19.3 Å². The van der Waals surface area contributed by atoms with Crippen LogP contribution in [0.1, 0.15) is 45.1 Å². The topological polar surface area (TPSA) is 131 Å². The Kier molecular flexibility index (Phi) is 7.21. The molecule has 0 spiro atoms. The number of carbonyl (C=O) groups excluding carboxylic acids is 1. The molecular weight excluding hydrogens is 465 g/mol. The van der Waals surface area contributed by atoms with E-state index in [0.29, 0.717) is 51.6 Å². The van der Waals surface area contributed by atoms with Gasteiger partial charge < -0.3 is 21.5 Å². The summed E-state index contributed by atoms with van der Waals surface area (Å²) < 4.78 is 2.03. The van der Waals surface area contributed by atoms with Crippen LogP contribution in [0.15, 0.2) is 24.4 Å². The Labute approximate surface area is 201 Å². The molecule has 2 heterocycles. The van der Waals surface area contributed by atoms with Crippen molar-refractivity contribution in [1.82, 2.24) is 19.5 Å². The van der Waals surface area contributed by atoms with Crippen LogP contribution in [0.4, 0.5) is 17.6 Å². The Morgan fingerprint density at radius 2 is 1.94 bits per heavy atom. The second-order valence-corrected chi connectivity index (χ2v) is 9.08. The number of primary amides is 1. The van der Waals surface area contributed by atoms with E-state index in [2.05, 4.69) is 15.6 Å². The second kappa shape index (κ2) is 10.1. The van der Waals surface area contributed by atoms with Crippen LogP contribution in [0.3, 0.4) is 0 Å². The number of rotatable bonds is 8. The smallest absolute Gasteiger partial charge is 0.225 e. The van der Waals surface area contributed by atoms with Crippen LogP contribution in [0.2, 0.25) is 10.0 Å². The number of aliphatic hydroxyl groups excluding tert-OH is 1. The highest BCUT2D eigenvalue weighted by molar-refractivity contribution is 6.39. The molecule has 33 heavy (non-hydrogen) atoms. The molecule has 0 radical (unpaired) electrons. The van der Waals surface area contributed by atoms with Gasteiger partial charge in [0.25, 0.3) is 0 Å². The summed E-state index contributed by atoms with van der Waals surface area (Å²) in [6.45, 7) is 1.95. The highest BCUT2D eigenvalue weighted by atomic mass is 35.5. The number of aromatic nitrogens is 4. The Hall–Kier alpha value is -2.62. The van der Waals surface area contributed by atoms with E-state index >= 15 is 0 Å². The quantitative estimate of drug-likeness (QED) is 0.369. The van der Waals surface area contributed by atoms with E-state index < -0.39 is 0 Å². The minimum Gasteiger partial charge on any atom is -0.394 e. The molecule has 0 aliphatic heterocycles. The Balaban J connectivity index is 1.76. The molecule has 2 aromatic heterocycles. The first-order valence-corrected chi connectivity index (χ1v) is 11.8. The van der Waals surface area contributed by atoms with Gasteiger partial charge in [0.05, 0.1) is 34.6 Å². The fourth-order valence-electron chi connectivity index (χ4n) is 4.20. The van der Waals surface area contributed by atoms with Crippen molar-refractivity contribution >= 4 is 57.9 Å². The van der Waals surface area contributed by atoms with Gasteiger partial charge in [-0.2, -0.15) is 4.98 Å². The van der Waals surface area contributed by atoms with Crippen molar-refractivity contribution in [2.24, 2.45) is 11.7 Å². The first-order chi connectivity index (χ1) is 15.9. The van der Waals surface area contributed by atoms with E-state index in [1.54, 1.807) is 24.4 Å². The number of halogens is 2. The molecule has 4 rings (SSSR count). The molecule has 0 saturated heterocycles. The largest absolute Gasteiger partial charge is 0.394 e. The predicted octanol–water partition coefficient (Wildman–Crippen LogP) is 4.28. The number of aliphatic hydroxyl groups is 1. The number of nitrogens with one attached hydrogen (secondary N) is 2. The molecule has 1 amide bonds. The average molecular weight is 492 g/mol. The van der Waals surface area contributed by atoms with Crippen molar-refractivity contribution in [3.63, 3.8) is 0 Å². The number of fused-ring (bicyclic) bond motifs is 1. The lowest BCUT2D eigenvalue weighted by Crippen LogP contribution is -2.29. The van der Waals surface area contributed by atoms with Gasteiger partial charge in [-0.05, 0) is 44.2 Å². The lowest BCUT2D eigenvalue weighted by Gasteiger charge is -2.29. The summed E-state index contributed by atoms with van der Waals surface area (Å²) in [4.78, 5) is 25.5. The van der Waals surface area contributed by atoms with Crippen LogP contribution in [0, 0.1) is 5.92 Å². The van der Waals surface area contributed by atoms with E-state index in [1.165, 1.54) is 0 Å². The van der Waals surface area contributed by atoms with Crippen LogP contribution in [0.25, 0.3) is 11.2 Å².